The number of non-ortho nitro benzene ring substituents is 1. The number of nitrogens with one attached hydrogen (secondary N) is 1. The van der Waals surface area contributed by atoms with Gasteiger partial charge in [0.15, 0.2) is 16.8 Å². The average molecular weight is 487 g/mol. The van der Waals surface area contributed by atoms with Crippen LogP contribution in [0.4, 0.5) is 19.6 Å². The molecule has 0 fully saturated rings. The van der Waals surface area contributed by atoms with Gasteiger partial charge in [-0.1, -0.05) is 0 Å². The number of hydrogen-bond acceptors (Lipinski definition) is 5. The average Bonchev–Trinajstić information content (AvgIpc) is 3.05. The molecule has 26 heavy (non-hydrogen) atoms. The molecule has 0 aliphatic heterocycles. The zero-order valence-corrected chi connectivity index (χ0v) is 15.7. The van der Waals surface area contributed by atoms with Crippen LogP contribution in [0.2, 0.25) is 0 Å². The third-order valence-corrected chi connectivity index (χ3v) is 5.04. The van der Waals surface area contributed by atoms with E-state index in [4.69, 9.17) is 0 Å². The van der Waals surface area contributed by atoms with Gasteiger partial charge in [-0.3, -0.25) is 20.2 Å². The second-order valence-corrected chi connectivity index (χ2v) is 7.06. The Labute approximate surface area is 163 Å². The molecule has 1 heterocycles. The normalized spacial score (nSPS) is 10.6. The van der Waals surface area contributed by atoms with Gasteiger partial charge in [-0.25, -0.2) is 13.8 Å². The van der Waals surface area contributed by atoms with Crippen LogP contribution in [0, 0.1) is 25.3 Å². The molecule has 0 radical (unpaired) electrons. The maximum atomic E-state index is 13.3. The number of nitrogens with zero attached hydrogens (tertiary/aromatic N) is 2. The lowest BCUT2D eigenvalue weighted by Gasteiger charge is -2.04. The van der Waals surface area contributed by atoms with Crippen LogP contribution in [-0.4, -0.2) is 15.8 Å². The van der Waals surface area contributed by atoms with Crippen molar-refractivity contribution in [3.8, 4) is 11.3 Å². The molecular formula is C16H8F2IN3O3S. The Kier molecular flexibility index (Phi) is 5.23. The summed E-state index contributed by atoms with van der Waals surface area (Å²) in [6.07, 6.45) is 0. The fraction of sp³-hybridized carbons (Fsp3) is 0. The summed E-state index contributed by atoms with van der Waals surface area (Å²) in [6.45, 7) is 0. The number of nitro groups is 1. The lowest BCUT2D eigenvalue weighted by atomic mass is 10.2. The van der Waals surface area contributed by atoms with E-state index in [9.17, 15) is 23.7 Å². The zero-order chi connectivity index (χ0) is 18.8. The highest BCUT2D eigenvalue weighted by Gasteiger charge is 2.17. The van der Waals surface area contributed by atoms with E-state index in [0.717, 1.165) is 23.5 Å². The molecule has 132 valence electrons. The standard InChI is InChI=1S/C16H8F2IN3O3S/c17-11-3-1-8(5-12(11)18)14-7-26-16(20-14)21-15(23)10-6-9(22(24)25)2-4-13(10)19/h1-7H,(H,20,21,23). The highest BCUT2D eigenvalue weighted by atomic mass is 127. The maximum Gasteiger partial charge on any atom is 0.270 e. The molecule has 2 aromatic carbocycles. The van der Waals surface area contributed by atoms with Crippen molar-refractivity contribution in [3.63, 3.8) is 0 Å². The molecule has 0 aliphatic rings. The van der Waals surface area contributed by atoms with Gasteiger partial charge in [0.25, 0.3) is 11.6 Å². The van der Waals surface area contributed by atoms with Crippen molar-refractivity contribution in [1.82, 2.24) is 4.98 Å². The maximum absolute atomic E-state index is 13.3. The van der Waals surface area contributed by atoms with Crippen molar-refractivity contribution >= 4 is 50.7 Å². The van der Waals surface area contributed by atoms with E-state index in [0.29, 0.717) is 14.8 Å². The lowest BCUT2D eigenvalue weighted by molar-refractivity contribution is -0.384. The number of thiazole rings is 1. The number of hydrogen-bond donors (Lipinski definition) is 1. The minimum absolute atomic E-state index is 0.143. The summed E-state index contributed by atoms with van der Waals surface area (Å²) in [5.41, 5.74) is 0.685. The van der Waals surface area contributed by atoms with E-state index >= 15 is 0 Å². The van der Waals surface area contributed by atoms with Crippen LogP contribution in [0.25, 0.3) is 11.3 Å². The van der Waals surface area contributed by atoms with Crippen LogP contribution >= 0.6 is 33.9 Å². The number of aromatic nitrogens is 1. The van der Waals surface area contributed by atoms with E-state index < -0.39 is 22.5 Å². The molecule has 10 heteroatoms. The van der Waals surface area contributed by atoms with Crippen LogP contribution in [0.5, 0.6) is 0 Å². The summed E-state index contributed by atoms with van der Waals surface area (Å²) in [7, 11) is 0. The topological polar surface area (TPSA) is 85.1 Å². The summed E-state index contributed by atoms with van der Waals surface area (Å²) >= 11 is 3.00. The first-order valence-corrected chi connectivity index (χ1v) is 8.97. The number of halogens is 3. The first-order valence-electron chi connectivity index (χ1n) is 7.01. The van der Waals surface area contributed by atoms with E-state index in [1.165, 1.54) is 24.3 Å². The molecule has 0 saturated carbocycles. The molecule has 1 N–H and O–H groups in total. The van der Waals surface area contributed by atoms with Crippen LogP contribution < -0.4 is 5.32 Å². The Morgan fingerprint density at radius 1 is 1.19 bits per heavy atom. The van der Waals surface area contributed by atoms with Gasteiger partial charge in [-0.05, 0) is 46.9 Å². The quantitative estimate of drug-likeness (QED) is 0.324. The Balaban J connectivity index is 1.83. The van der Waals surface area contributed by atoms with Crippen LogP contribution in [-0.2, 0) is 0 Å². The molecule has 0 saturated heterocycles. The number of carbonyl (C=O) groups excluding carboxylic acids is 1. The van der Waals surface area contributed by atoms with Crippen LogP contribution in [0.3, 0.4) is 0 Å². The minimum atomic E-state index is -0.993. The fourth-order valence-electron chi connectivity index (χ4n) is 2.08. The van der Waals surface area contributed by atoms with Gasteiger partial charge in [-0.15, -0.1) is 11.3 Å². The van der Waals surface area contributed by atoms with E-state index in [1.54, 1.807) is 5.38 Å². The van der Waals surface area contributed by atoms with Crippen molar-refractivity contribution in [1.29, 1.82) is 0 Å². The number of benzene rings is 2. The molecule has 3 rings (SSSR count). The predicted octanol–water partition coefficient (Wildman–Crippen LogP) is 4.85. The number of nitro benzene ring substituents is 1. The van der Waals surface area contributed by atoms with Crippen LogP contribution in [0.1, 0.15) is 10.4 Å². The predicted molar refractivity (Wildman–Crippen MR) is 101 cm³/mol. The zero-order valence-electron chi connectivity index (χ0n) is 12.7. The molecule has 1 amide bonds. The van der Waals surface area contributed by atoms with Gasteiger partial charge in [0.2, 0.25) is 0 Å². The van der Waals surface area contributed by atoms with Gasteiger partial charge < -0.3 is 0 Å². The molecular weight excluding hydrogens is 479 g/mol. The second kappa shape index (κ2) is 7.41. The molecule has 0 aliphatic carbocycles. The van der Waals surface area contributed by atoms with Crippen molar-refractivity contribution in [2.24, 2.45) is 0 Å². The van der Waals surface area contributed by atoms with E-state index in [2.05, 4.69) is 10.3 Å². The Morgan fingerprint density at radius 2 is 1.96 bits per heavy atom. The van der Waals surface area contributed by atoms with Crippen molar-refractivity contribution in [2.75, 3.05) is 5.32 Å². The van der Waals surface area contributed by atoms with Gasteiger partial charge >= 0.3 is 0 Å². The minimum Gasteiger partial charge on any atom is -0.298 e. The Hall–Kier alpha value is -2.47. The monoisotopic (exact) mass is 487 g/mol. The highest BCUT2D eigenvalue weighted by molar-refractivity contribution is 14.1. The fourth-order valence-corrected chi connectivity index (χ4v) is 3.38. The molecule has 6 nitrogen and oxygen atoms in total. The summed E-state index contributed by atoms with van der Waals surface area (Å²) in [6, 6.07) is 7.35. The largest absolute Gasteiger partial charge is 0.298 e. The molecule has 0 bridgehead atoms. The Morgan fingerprint density at radius 3 is 2.65 bits per heavy atom. The molecule has 3 aromatic rings. The SMILES string of the molecule is O=C(Nc1nc(-c2ccc(F)c(F)c2)cs1)c1cc([N+](=O)[O-])ccc1I. The van der Waals surface area contributed by atoms with Crippen molar-refractivity contribution in [2.45, 2.75) is 0 Å². The number of carbonyl (C=O) groups is 1. The van der Waals surface area contributed by atoms with E-state index in [1.807, 2.05) is 22.6 Å². The first kappa shape index (κ1) is 18.3. The van der Waals surface area contributed by atoms with Gasteiger partial charge in [0.1, 0.15) is 0 Å². The van der Waals surface area contributed by atoms with E-state index in [-0.39, 0.29) is 16.4 Å². The van der Waals surface area contributed by atoms with Gasteiger partial charge in [0, 0.05) is 26.6 Å². The third kappa shape index (κ3) is 3.85. The molecule has 0 unspecified atom stereocenters. The summed E-state index contributed by atoms with van der Waals surface area (Å²) in [4.78, 5) is 26.8. The van der Waals surface area contributed by atoms with Gasteiger partial charge in [0.05, 0.1) is 16.2 Å². The van der Waals surface area contributed by atoms with Crippen molar-refractivity contribution in [3.05, 3.63) is 72.7 Å². The highest BCUT2D eigenvalue weighted by Crippen LogP contribution is 2.27. The summed E-state index contributed by atoms with van der Waals surface area (Å²) in [5.74, 6) is -2.51. The number of amides is 1. The molecule has 1 aromatic heterocycles. The second-order valence-electron chi connectivity index (χ2n) is 5.04. The first-order chi connectivity index (χ1) is 12.3. The van der Waals surface area contributed by atoms with Crippen LogP contribution in [0.15, 0.2) is 41.8 Å². The third-order valence-electron chi connectivity index (χ3n) is 3.35. The Bertz CT molecular complexity index is 1030. The number of anilines is 1. The lowest BCUT2D eigenvalue weighted by Crippen LogP contribution is -2.13. The summed E-state index contributed by atoms with van der Waals surface area (Å²) < 4.78 is 26.9. The molecule has 0 atom stereocenters. The van der Waals surface area contributed by atoms with Crippen molar-refractivity contribution < 1.29 is 18.5 Å². The van der Waals surface area contributed by atoms with Gasteiger partial charge in [-0.2, -0.15) is 0 Å². The summed E-state index contributed by atoms with van der Waals surface area (Å²) in [5, 5.41) is 15.2. The number of rotatable bonds is 4. The smallest absolute Gasteiger partial charge is 0.270 e. The molecule has 0 spiro atoms.